The van der Waals surface area contributed by atoms with E-state index in [9.17, 15) is 9.59 Å². The molecule has 1 aliphatic rings. The van der Waals surface area contributed by atoms with E-state index < -0.39 is 11.7 Å². The molecule has 1 amide bonds. The summed E-state index contributed by atoms with van der Waals surface area (Å²) >= 11 is 0. The Labute approximate surface area is 78.3 Å². The second-order valence-electron chi connectivity index (χ2n) is 3.63. The van der Waals surface area contributed by atoms with Gasteiger partial charge in [0.05, 0.1) is 0 Å². The highest BCUT2D eigenvalue weighted by molar-refractivity contribution is 6.35. The van der Waals surface area contributed by atoms with Crippen molar-refractivity contribution in [1.82, 2.24) is 10.2 Å². The van der Waals surface area contributed by atoms with Gasteiger partial charge in [-0.3, -0.25) is 9.59 Å². The zero-order valence-corrected chi connectivity index (χ0v) is 8.17. The van der Waals surface area contributed by atoms with E-state index in [1.807, 2.05) is 7.05 Å². The summed E-state index contributed by atoms with van der Waals surface area (Å²) in [6.45, 7) is 3.22. The number of nitrogens with one attached hydrogen (secondary N) is 1. The molecule has 1 N–H and O–H groups in total. The summed E-state index contributed by atoms with van der Waals surface area (Å²) in [6, 6.07) is 0.148. The largest absolute Gasteiger partial charge is 0.345 e. The molecule has 4 heteroatoms. The van der Waals surface area contributed by atoms with E-state index in [1.165, 1.54) is 6.92 Å². The van der Waals surface area contributed by atoms with Crippen LogP contribution in [0.2, 0.25) is 0 Å². The maximum absolute atomic E-state index is 11.0. The number of carbonyl (C=O) groups excluding carboxylic acids is 2. The zero-order chi connectivity index (χ0) is 9.84. The summed E-state index contributed by atoms with van der Waals surface area (Å²) in [5.41, 5.74) is 0. The Kier molecular flexibility index (Phi) is 3.42. The van der Waals surface area contributed by atoms with Crippen LogP contribution in [0.5, 0.6) is 0 Å². The minimum absolute atomic E-state index is 0.148. The molecule has 0 aromatic heterocycles. The first-order valence-corrected chi connectivity index (χ1v) is 4.59. The molecule has 1 unspecified atom stereocenters. The lowest BCUT2D eigenvalue weighted by molar-refractivity contribution is -0.137. The van der Waals surface area contributed by atoms with Crippen LogP contribution in [0.3, 0.4) is 0 Å². The van der Waals surface area contributed by atoms with Crippen molar-refractivity contribution in [3.05, 3.63) is 0 Å². The third-order valence-corrected chi connectivity index (χ3v) is 2.28. The van der Waals surface area contributed by atoms with Crippen molar-refractivity contribution in [3.63, 3.8) is 0 Å². The average molecular weight is 184 g/mol. The lowest BCUT2D eigenvalue weighted by Crippen LogP contribution is -2.47. The smallest absolute Gasteiger partial charge is 0.287 e. The molecule has 4 nitrogen and oxygen atoms in total. The van der Waals surface area contributed by atoms with Gasteiger partial charge in [0.1, 0.15) is 0 Å². The normalized spacial score (nSPS) is 24.0. The number of carbonyl (C=O) groups is 2. The SMILES string of the molecule is CC(=O)C(=O)NC1CCCN(C)C1. The van der Waals surface area contributed by atoms with Crippen molar-refractivity contribution in [1.29, 1.82) is 0 Å². The molecule has 0 aromatic carbocycles. The van der Waals surface area contributed by atoms with Crippen LogP contribution in [0.4, 0.5) is 0 Å². The minimum atomic E-state index is -0.458. The molecular formula is C9H16N2O2. The Morgan fingerprint density at radius 2 is 2.15 bits per heavy atom. The Bertz CT molecular complexity index is 216. The molecule has 0 bridgehead atoms. The average Bonchev–Trinajstić information content (AvgIpc) is 2.04. The number of nitrogens with zero attached hydrogens (tertiary/aromatic N) is 1. The van der Waals surface area contributed by atoms with Gasteiger partial charge in [-0.15, -0.1) is 0 Å². The van der Waals surface area contributed by atoms with E-state index >= 15 is 0 Å². The van der Waals surface area contributed by atoms with Crippen LogP contribution < -0.4 is 5.32 Å². The fraction of sp³-hybridized carbons (Fsp3) is 0.778. The summed E-state index contributed by atoms with van der Waals surface area (Å²) < 4.78 is 0. The molecule has 1 aliphatic heterocycles. The lowest BCUT2D eigenvalue weighted by Gasteiger charge is -2.29. The zero-order valence-electron chi connectivity index (χ0n) is 8.17. The molecule has 0 radical (unpaired) electrons. The molecule has 0 saturated carbocycles. The van der Waals surface area contributed by atoms with Gasteiger partial charge >= 0.3 is 0 Å². The van der Waals surface area contributed by atoms with Gasteiger partial charge < -0.3 is 10.2 Å². The van der Waals surface area contributed by atoms with E-state index in [0.29, 0.717) is 0 Å². The van der Waals surface area contributed by atoms with Gasteiger partial charge in [0.2, 0.25) is 5.78 Å². The molecule has 74 valence electrons. The fourth-order valence-corrected chi connectivity index (χ4v) is 1.57. The lowest BCUT2D eigenvalue weighted by atomic mass is 10.1. The van der Waals surface area contributed by atoms with Gasteiger partial charge in [0.25, 0.3) is 5.91 Å². The molecule has 1 rings (SSSR count). The predicted molar refractivity (Wildman–Crippen MR) is 49.3 cm³/mol. The summed E-state index contributed by atoms with van der Waals surface area (Å²) in [6.07, 6.45) is 2.06. The van der Waals surface area contributed by atoms with Crippen LogP contribution in [0.25, 0.3) is 0 Å². The van der Waals surface area contributed by atoms with E-state index in [0.717, 1.165) is 25.9 Å². The second-order valence-corrected chi connectivity index (χ2v) is 3.63. The first-order chi connectivity index (χ1) is 6.09. The van der Waals surface area contributed by atoms with Gasteiger partial charge in [0, 0.05) is 19.5 Å². The molecule has 1 saturated heterocycles. The number of hydrogen-bond donors (Lipinski definition) is 1. The van der Waals surface area contributed by atoms with Crippen molar-refractivity contribution in [2.24, 2.45) is 0 Å². The van der Waals surface area contributed by atoms with Gasteiger partial charge in [-0.25, -0.2) is 0 Å². The Morgan fingerprint density at radius 1 is 1.46 bits per heavy atom. The van der Waals surface area contributed by atoms with Gasteiger partial charge in [-0.1, -0.05) is 0 Å². The van der Waals surface area contributed by atoms with Crippen LogP contribution >= 0.6 is 0 Å². The number of likely N-dealkylation sites (N-methyl/N-ethyl adjacent to an activating group) is 1. The van der Waals surface area contributed by atoms with Gasteiger partial charge in [-0.2, -0.15) is 0 Å². The molecule has 0 spiro atoms. The number of amides is 1. The second kappa shape index (κ2) is 4.37. The number of Topliss-reactive ketones (excluding diaryl/α,β-unsaturated/α-hetero) is 1. The first-order valence-electron chi connectivity index (χ1n) is 4.59. The van der Waals surface area contributed by atoms with Crippen LogP contribution in [-0.2, 0) is 9.59 Å². The van der Waals surface area contributed by atoms with Crippen molar-refractivity contribution in [2.75, 3.05) is 20.1 Å². The molecule has 1 atom stereocenters. The predicted octanol–water partition coefficient (Wildman–Crippen LogP) is -0.214. The Balaban J connectivity index is 2.36. The van der Waals surface area contributed by atoms with Gasteiger partial charge in [0.15, 0.2) is 0 Å². The highest BCUT2D eigenvalue weighted by Crippen LogP contribution is 2.07. The van der Waals surface area contributed by atoms with E-state index in [2.05, 4.69) is 10.2 Å². The molecule has 1 fully saturated rings. The number of likely N-dealkylation sites (tertiary alicyclic amines) is 1. The molecule has 0 aromatic rings. The van der Waals surface area contributed by atoms with Crippen molar-refractivity contribution in [3.8, 4) is 0 Å². The number of piperidine rings is 1. The van der Waals surface area contributed by atoms with Crippen LogP contribution in [0, 0.1) is 0 Å². The molecule has 1 heterocycles. The minimum Gasteiger partial charge on any atom is -0.345 e. The number of ketones is 1. The molecule has 13 heavy (non-hydrogen) atoms. The van der Waals surface area contributed by atoms with Crippen molar-refractivity contribution < 1.29 is 9.59 Å². The monoisotopic (exact) mass is 184 g/mol. The highest BCUT2D eigenvalue weighted by atomic mass is 16.2. The maximum Gasteiger partial charge on any atom is 0.287 e. The summed E-state index contributed by atoms with van der Waals surface area (Å²) in [5, 5.41) is 2.72. The fourth-order valence-electron chi connectivity index (χ4n) is 1.57. The van der Waals surface area contributed by atoms with E-state index in [-0.39, 0.29) is 6.04 Å². The number of rotatable bonds is 2. The third-order valence-electron chi connectivity index (χ3n) is 2.28. The topological polar surface area (TPSA) is 49.4 Å². The van der Waals surface area contributed by atoms with Crippen molar-refractivity contribution in [2.45, 2.75) is 25.8 Å². The van der Waals surface area contributed by atoms with E-state index in [1.54, 1.807) is 0 Å². The van der Waals surface area contributed by atoms with Gasteiger partial charge in [-0.05, 0) is 26.4 Å². The van der Waals surface area contributed by atoms with Crippen LogP contribution in [0.15, 0.2) is 0 Å². The maximum atomic E-state index is 11.0. The van der Waals surface area contributed by atoms with Crippen LogP contribution in [-0.4, -0.2) is 42.8 Å². The summed E-state index contributed by atoms with van der Waals surface area (Å²) in [4.78, 5) is 23.9. The quantitative estimate of drug-likeness (QED) is 0.604. The van der Waals surface area contributed by atoms with Crippen LogP contribution in [0.1, 0.15) is 19.8 Å². The molecular weight excluding hydrogens is 168 g/mol. The molecule has 0 aliphatic carbocycles. The van der Waals surface area contributed by atoms with E-state index in [4.69, 9.17) is 0 Å². The number of hydrogen-bond acceptors (Lipinski definition) is 3. The highest BCUT2D eigenvalue weighted by Gasteiger charge is 2.20. The van der Waals surface area contributed by atoms with Crippen molar-refractivity contribution >= 4 is 11.7 Å². The summed E-state index contributed by atoms with van der Waals surface area (Å²) in [5.74, 6) is -0.867. The first kappa shape index (κ1) is 10.2. The standard InChI is InChI=1S/C9H16N2O2/c1-7(12)9(13)10-8-4-3-5-11(2)6-8/h8H,3-6H2,1-2H3,(H,10,13). The third kappa shape index (κ3) is 3.14. The Hall–Kier alpha value is -0.900. The summed E-state index contributed by atoms with van der Waals surface area (Å²) in [7, 11) is 2.02. The Morgan fingerprint density at radius 3 is 2.69 bits per heavy atom.